The van der Waals surface area contributed by atoms with Crippen molar-refractivity contribution in [2.45, 2.75) is 93.9 Å². The average Bonchev–Trinajstić information content (AvgIpc) is 2.93. The summed E-state index contributed by atoms with van der Waals surface area (Å²) in [5.74, 6) is -104. The standard InChI is InChI=1S/2C8HF17O3S.Ba/c2*9-1(10,3(13,14)5(17,18)7(21,22)23)2(11,12)4(15,16)6(19,20)8(24,25)29(26,27)28;/h2*(H,26,27,28);/q;;+2/p-2. The second-order valence-electron chi connectivity index (χ2n) is 9.83. The average molecular weight is 1140 g/mol. The van der Waals surface area contributed by atoms with Crippen LogP contribution in [0.4, 0.5) is 149 Å². The Kier molecular flexibility index (Phi) is 16.5. The molecule has 59 heavy (non-hydrogen) atoms. The maximum absolute atomic E-state index is 13.0. The van der Waals surface area contributed by atoms with Crippen molar-refractivity contribution in [3.8, 4) is 0 Å². The minimum Gasteiger partial charge on any atom is -0.743 e. The number of rotatable bonds is 14. The maximum Gasteiger partial charge on any atom is 2.00 e. The molecule has 6 nitrogen and oxygen atoms in total. The molecular weight excluding hydrogens is 1140 g/mol. The molecule has 0 unspecified atom stereocenters. The SMILES string of the molecule is O=S(=O)([O-])C(F)(F)C(F)(F)C(F)(F)C(F)(F)C(F)(F)C(F)(F)C(F)(F)C(F)(F)F.O=S(=O)([O-])C(F)(F)C(F)(F)C(F)(F)C(F)(F)C(F)(F)C(F)(F)C(F)(F)C(F)(F)F.[Ba+2]. The third-order valence-electron chi connectivity index (χ3n) is 6.01. The summed E-state index contributed by atoms with van der Waals surface area (Å²) in [4.78, 5) is 0. The number of halogens is 34. The van der Waals surface area contributed by atoms with E-state index in [2.05, 4.69) is 0 Å². The van der Waals surface area contributed by atoms with E-state index in [1.807, 2.05) is 0 Å². The monoisotopic (exact) mass is 1140 g/mol. The van der Waals surface area contributed by atoms with Crippen LogP contribution in [0.3, 0.4) is 0 Å². The molecule has 0 aromatic heterocycles. The normalized spacial score (nSPS) is 16.6. The van der Waals surface area contributed by atoms with Crippen LogP contribution in [-0.2, 0) is 20.2 Å². The topological polar surface area (TPSA) is 114 Å². The summed E-state index contributed by atoms with van der Waals surface area (Å²) in [7, 11) is -16.3. The van der Waals surface area contributed by atoms with Crippen molar-refractivity contribution >= 4 is 69.1 Å². The van der Waals surface area contributed by atoms with Crippen LogP contribution in [-0.4, -0.2) is 169 Å². The minimum atomic E-state index is -8.92. The van der Waals surface area contributed by atoms with E-state index in [0.717, 1.165) is 0 Å². The Labute approximate surface area is 337 Å². The van der Waals surface area contributed by atoms with Gasteiger partial charge in [-0.1, -0.05) is 0 Å². The summed E-state index contributed by atoms with van der Waals surface area (Å²) in [6.07, 6.45) is -15.8. The van der Waals surface area contributed by atoms with Gasteiger partial charge in [0.25, 0.3) is 0 Å². The molecule has 0 aromatic carbocycles. The van der Waals surface area contributed by atoms with Crippen LogP contribution in [0.15, 0.2) is 0 Å². The molecule has 0 saturated heterocycles. The molecule has 0 aliphatic heterocycles. The molecule has 0 bridgehead atoms. The molecule has 0 atom stereocenters. The van der Waals surface area contributed by atoms with E-state index < -0.39 is 114 Å². The zero-order chi connectivity index (χ0) is 49.0. The quantitative estimate of drug-likeness (QED) is 0.0979. The first-order valence-electron chi connectivity index (χ1n) is 11.3. The first-order valence-corrected chi connectivity index (χ1v) is 14.2. The fourth-order valence-corrected chi connectivity index (χ4v) is 3.50. The van der Waals surface area contributed by atoms with Gasteiger partial charge in [-0.15, -0.1) is 0 Å². The Morgan fingerprint density at radius 3 is 0.424 bits per heavy atom. The molecule has 0 heterocycles. The van der Waals surface area contributed by atoms with Crippen molar-refractivity contribution in [2.24, 2.45) is 0 Å². The van der Waals surface area contributed by atoms with E-state index in [9.17, 15) is 175 Å². The third-order valence-corrected chi connectivity index (χ3v) is 7.78. The molecule has 0 aromatic rings. The molecule has 43 heteroatoms. The third kappa shape index (κ3) is 8.44. The van der Waals surface area contributed by atoms with E-state index in [1.54, 1.807) is 0 Å². The van der Waals surface area contributed by atoms with Gasteiger partial charge in [0.1, 0.15) is 0 Å². The van der Waals surface area contributed by atoms with Gasteiger partial charge in [-0.05, 0) is 0 Å². The van der Waals surface area contributed by atoms with Gasteiger partial charge in [0.05, 0.1) is 0 Å². The second kappa shape index (κ2) is 15.6. The number of alkyl halides is 34. The van der Waals surface area contributed by atoms with Crippen LogP contribution < -0.4 is 0 Å². The van der Waals surface area contributed by atoms with Crippen molar-refractivity contribution in [3.05, 3.63) is 0 Å². The van der Waals surface area contributed by atoms with Gasteiger partial charge < -0.3 is 9.11 Å². The molecule has 0 N–H and O–H groups in total. The van der Waals surface area contributed by atoms with Crippen molar-refractivity contribution in [3.63, 3.8) is 0 Å². The summed E-state index contributed by atoms with van der Waals surface area (Å²) in [5, 5.41) is -15.9. The molecule has 0 fully saturated rings. The van der Waals surface area contributed by atoms with Crippen LogP contribution in [0.25, 0.3) is 0 Å². The molecular formula is C16BaF34O6S2. The zero-order valence-corrected chi connectivity index (χ0v) is 30.9. The molecule has 0 rings (SSSR count). The van der Waals surface area contributed by atoms with Crippen LogP contribution in [0.5, 0.6) is 0 Å². The molecule has 0 radical (unpaired) electrons. The summed E-state index contributed by atoms with van der Waals surface area (Å²) < 4.78 is 488. The van der Waals surface area contributed by atoms with Gasteiger partial charge in [0, 0.05) is 0 Å². The molecule has 0 amide bonds. The van der Waals surface area contributed by atoms with Gasteiger partial charge in [-0.25, -0.2) is 16.8 Å². The summed E-state index contributed by atoms with van der Waals surface area (Å²) in [5.41, 5.74) is 0. The molecule has 0 saturated carbocycles. The van der Waals surface area contributed by atoms with Crippen LogP contribution in [0, 0.1) is 0 Å². The fraction of sp³-hybridized carbons (Fsp3) is 1.00. The fourth-order valence-electron chi connectivity index (χ4n) is 2.61. The van der Waals surface area contributed by atoms with Gasteiger partial charge in [0.15, 0.2) is 20.2 Å². The van der Waals surface area contributed by atoms with Crippen LogP contribution in [0.1, 0.15) is 0 Å². The van der Waals surface area contributed by atoms with E-state index in [4.69, 9.17) is 0 Å². The molecule has 0 spiro atoms. The van der Waals surface area contributed by atoms with Crippen molar-refractivity contribution in [1.29, 1.82) is 0 Å². The van der Waals surface area contributed by atoms with E-state index in [1.165, 1.54) is 0 Å². The summed E-state index contributed by atoms with van der Waals surface area (Å²) in [6, 6.07) is 0. The molecule has 352 valence electrons. The van der Waals surface area contributed by atoms with Gasteiger partial charge in [0.2, 0.25) is 0 Å². The summed E-state index contributed by atoms with van der Waals surface area (Å²) >= 11 is 0. The van der Waals surface area contributed by atoms with Crippen LogP contribution in [0.2, 0.25) is 0 Å². The van der Waals surface area contributed by atoms with Crippen molar-refractivity contribution in [1.82, 2.24) is 0 Å². The first kappa shape index (κ1) is 62.3. The van der Waals surface area contributed by atoms with Crippen molar-refractivity contribution < 1.29 is 175 Å². The predicted molar refractivity (Wildman–Crippen MR) is 107 cm³/mol. The van der Waals surface area contributed by atoms with E-state index in [0.29, 0.717) is 0 Å². The Balaban J connectivity index is -0.00000105. The molecule has 0 aliphatic rings. The van der Waals surface area contributed by atoms with E-state index >= 15 is 0 Å². The van der Waals surface area contributed by atoms with Gasteiger partial charge >= 0.3 is 143 Å². The first-order chi connectivity index (χ1) is 24.0. The van der Waals surface area contributed by atoms with Gasteiger partial charge in [-0.3, -0.25) is 0 Å². The second-order valence-corrected chi connectivity index (χ2v) is 12.7. The smallest absolute Gasteiger partial charge is 0.743 e. The van der Waals surface area contributed by atoms with Crippen molar-refractivity contribution in [2.75, 3.05) is 0 Å². The molecule has 0 aliphatic carbocycles. The number of hydrogen-bond acceptors (Lipinski definition) is 6. The Morgan fingerprint density at radius 2 is 0.322 bits per heavy atom. The maximum atomic E-state index is 13.0. The summed E-state index contributed by atoms with van der Waals surface area (Å²) in [6.45, 7) is 0. The van der Waals surface area contributed by atoms with E-state index in [-0.39, 0.29) is 48.9 Å². The Bertz CT molecular complexity index is 1600. The number of hydrogen-bond donors (Lipinski definition) is 0. The van der Waals surface area contributed by atoms with Gasteiger partial charge in [-0.2, -0.15) is 149 Å². The zero-order valence-electron chi connectivity index (χ0n) is 24.8. The van der Waals surface area contributed by atoms with Crippen LogP contribution >= 0.6 is 0 Å². The minimum absolute atomic E-state index is 0. The largest absolute Gasteiger partial charge is 2.00 e. The predicted octanol–water partition coefficient (Wildman–Crippen LogP) is 8.62. The Morgan fingerprint density at radius 1 is 0.220 bits per heavy atom. The Hall–Kier alpha value is -0.989.